The summed E-state index contributed by atoms with van der Waals surface area (Å²) in [5, 5.41) is 9.20. The van der Waals surface area contributed by atoms with Crippen molar-refractivity contribution in [2.75, 3.05) is 14.2 Å². The first-order valence-corrected chi connectivity index (χ1v) is 9.17. The maximum absolute atomic E-state index is 13.0. The number of benzene rings is 1. The summed E-state index contributed by atoms with van der Waals surface area (Å²) in [6.45, 7) is 1.97. The minimum Gasteiger partial charge on any atom is -0.497 e. The van der Waals surface area contributed by atoms with Gasteiger partial charge in [0.25, 0.3) is 5.56 Å². The molecule has 0 atom stereocenters. The summed E-state index contributed by atoms with van der Waals surface area (Å²) in [7, 11) is 3.17. The zero-order valence-corrected chi connectivity index (χ0v) is 16.5. The van der Waals surface area contributed by atoms with E-state index in [1.807, 2.05) is 25.1 Å². The average molecular weight is 394 g/mol. The molecule has 2 aromatic heterocycles. The molecule has 0 radical (unpaired) electrons. The van der Waals surface area contributed by atoms with Crippen LogP contribution in [0.15, 0.2) is 41.3 Å². The molecular formula is C22H22N2O5. The number of ether oxygens (including phenoxy) is 2. The Bertz CT molecular complexity index is 1150. The quantitative estimate of drug-likeness (QED) is 0.659. The Morgan fingerprint density at radius 3 is 2.62 bits per heavy atom. The molecule has 2 heterocycles. The van der Waals surface area contributed by atoms with Crippen LogP contribution in [0.2, 0.25) is 0 Å². The molecule has 1 aromatic carbocycles. The molecule has 7 nitrogen and oxygen atoms in total. The van der Waals surface area contributed by atoms with Gasteiger partial charge in [-0.05, 0) is 48.9 Å². The van der Waals surface area contributed by atoms with Crippen LogP contribution < -0.4 is 15.0 Å². The van der Waals surface area contributed by atoms with Gasteiger partial charge in [0.05, 0.1) is 25.5 Å². The Hall–Kier alpha value is -3.61. The second-order valence-corrected chi connectivity index (χ2v) is 6.42. The molecule has 7 heteroatoms. The Balaban J connectivity index is 2.15. The molecule has 29 heavy (non-hydrogen) atoms. The minimum absolute atomic E-state index is 0.0354. The number of hydrogen-bond donors (Lipinski definition) is 1. The van der Waals surface area contributed by atoms with E-state index >= 15 is 0 Å². The third-order valence-corrected chi connectivity index (χ3v) is 4.55. The summed E-state index contributed by atoms with van der Waals surface area (Å²) in [6.07, 6.45) is 6.19. The predicted molar refractivity (Wildman–Crippen MR) is 111 cm³/mol. The van der Waals surface area contributed by atoms with Gasteiger partial charge >= 0.3 is 5.97 Å². The first-order valence-electron chi connectivity index (χ1n) is 9.17. The van der Waals surface area contributed by atoms with Crippen molar-refractivity contribution in [2.24, 2.45) is 0 Å². The lowest BCUT2D eigenvalue weighted by Crippen LogP contribution is -2.22. The van der Waals surface area contributed by atoms with Crippen LogP contribution in [0.3, 0.4) is 0 Å². The van der Waals surface area contributed by atoms with Crippen molar-refractivity contribution < 1.29 is 19.4 Å². The molecule has 0 saturated carbocycles. The number of aromatic nitrogens is 2. The lowest BCUT2D eigenvalue weighted by atomic mass is 10.1. The molecule has 0 fully saturated rings. The number of aromatic carboxylic acids is 1. The van der Waals surface area contributed by atoms with Crippen LogP contribution in [0, 0.1) is 0 Å². The van der Waals surface area contributed by atoms with Crippen molar-refractivity contribution in [1.82, 2.24) is 9.38 Å². The Kier molecular flexibility index (Phi) is 5.97. The number of fused-ring (bicyclic) bond motifs is 1. The molecule has 0 bridgehead atoms. The van der Waals surface area contributed by atoms with Gasteiger partial charge in [-0.3, -0.25) is 9.20 Å². The zero-order valence-electron chi connectivity index (χ0n) is 16.5. The fourth-order valence-corrected chi connectivity index (χ4v) is 3.08. The van der Waals surface area contributed by atoms with Crippen LogP contribution in [0.1, 0.15) is 40.5 Å². The number of methoxy groups -OCH3 is 2. The number of hydrogen-bond acceptors (Lipinski definition) is 5. The lowest BCUT2D eigenvalue weighted by Gasteiger charge is -2.09. The van der Waals surface area contributed by atoms with Crippen LogP contribution >= 0.6 is 0 Å². The van der Waals surface area contributed by atoms with Crippen LogP contribution in [-0.4, -0.2) is 34.7 Å². The fourth-order valence-electron chi connectivity index (χ4n) is 3.08. The van der Waals surface area contributed by atoms with Gasteiger partial charge in [0.15, 0.2) is 0 Å². The van der Waals surface area contributed by atoms with E-state index in [0.29, 0.717) is 34.8 Å². The van der Waals surface area contributed by atoms with Crippen molar-refractivity contribution in [3.63, 3.8) is 0 Å². The maximum Gasteiger partial charge on any atom is 0.337 e. The van der Waals surface area contributed by atoms with Gasteiger partial charge in [-0.25, -0.2) is 9.78 Å². The Labute approximate surface area is 167 Å². The molecule has 0 aliphatic rings. The summed E-state index contributed by atoms with van der Waals surface area (Å²) in [4.78, 5) is 28.8. The van der Waals surface area contributed by atoms with E-state index in [4.69, 9.17) is 9.47 Å². The monoisotopic (exact) mass is 394 g/mol. The second-order valence-electron chi connectivity index (χ2n) is 6.42. The predicted octanol–water partition coefficient (Wildman–Crippen LogP) is 3.53. The van der Waals surface area contributed by atoms with Crippen molar-refractivity contribution in [1.29, 1.82) is 0 Å². The molecule has 3 aromatic rings. The van der Waals surface area contributed by atoms with E-state index in [-0.39, 0.29) is 11.1 Å². The summed E-state index contributed by atoms with van der Waals surface area (Å²) < 4.78 is 12.0. The molecule has 0 unspecified atom stereocenters. The smallest absolute Gasteiger partial charge is 0.337 e. The average Bonchev–Trinajstić information content (AvgIpc) is 2.73. The number of nitrogens with zero attached hydrogens (tertiary/aromatic N) is 2. The lowest BCUT2D eigenvalue weighted by molar-refractivity contribution is 0.0696. The number of pyridine rings is 1. The van der Waals surface area contributed by atoms with Gasteiger partial charge in [0.2, 0.25) is 0 Å². The molecule has 0 spiro atoms. The van der Waals surface area contributed by atoms with Crippen LogP contribution in [0.5, 0.6) is 11.5 Å². The highest BCUT2D eigenvalue weighted by Gasteiger charge is 2.13. The van der Waals surface area contributed by atoms with Crippen molar-refractivity contribution >= 4 is 23.8 Å². The maximum atomic E-state index is 13.0. The number of rotatable bonds is 7. The van der Waals surface area contributed by atoms with Crippen LogP contribution in [0.4, 0.5) is 0 Å². The molecule has 0 aliphatic carbocycles. The molecule has 0 amide bonds. The summed E-state index contributed by atoms with van der Waals surface area (Å²) in [5.74, 6) is 0.264. The summed E-state index contributed by atoms with van der Waals surface area (Å²) >= 11 is 0. The Morgan fingerprint density at radius 1 is 1.17 bits per heavy atom. The van der Waals surface area contributed by atoms with E-state index in [2.05, 4.69) is 4.98 Å². The third kappa shape index (κ3) is 4.13. The molecule has 3 rings (SSSR count). The SMILES string of the molecule is CCCc1c(C=Cc2cc(OC)ccc2OC)nc2ccc(C(=O)O)cn2c1=O. The van der Waals surface area contributed by atoms with Gasteiger partial charge in [0.1, 0.15) is 17.1 Å². The molecule has 150 valence electrons. The van der Waals surface area contributed by atoms with E-state index < -0.39 is 5.97 Å². The van der Waals surface area contributed by atoms with Crippen molar-refractivity contribution in [3.05, 3.63) is 69.3 Å². The minimum atomic E-state index is -1.09. The molecule has 0 saturated heterocycles. The first kappa shape index (κ1) is 20.1. The molecule has 0 aliphatic heterocycles. The highest BCUT2D eigenvalue weighted by Crippen LogP contribution is 2.26. The van der Waals surface area contributed by atoms with Gasteiger partial charge < -0.3 is 14.6 Å². The van der Waals surface area contributed by atoms with E-state index in [9.17, 15) is 14.7 Å². The molecular weight excluding hydrogens is 372 g/mol. The van der Waals surface area contributed by atoms with Crippen molar-refractivity contribution in [3.8, 4) is 11.5 Å². The van der Waals surface area contributed by atoms with Crippen LogP contribution in [-0.2, 0) is 6.42 Å². The highest BCUT2D eigenvalue weighted by atomic mass is 16.5. The summed E-state index contributed by atoms with van der Waals surface area (Å²) in [6, 6.07) is 8.41. The van der Waals surface area contributed by atoms with Crippen LogP contribution in [0.25, 0.3) is 17.8 Å². The van der Waals surface area contributed by atoms with Crippen molar-refractivity contribution in [2.45, 2.75) is 19.8 Å². The van der Waals surface area contributed by atoms with E-state index in [1.165, 1.54) is 22.7 Å². The van der Waals surface area contributed by atoms with Gasteiger partial charge in [0, 0.05) is 17.3 Å². The second kappa shape index (κ2) is 8.60. The topological polar surface area (TPSA) is 90.1 Å². The van der Waals surface area contributed by atoms with E-state index in [1.54, 1.807) is 26.4 Å². The number of carboxylic acid groups (broad SMARTS) is 1. The largest absolute Gasteiger partial charge is 0.497 e. The fraction of sp³-hybridized carbons (Fsp3) is 0.227. The van der Waals surface area contributed by atoms with Gasteiger partial charge in [-0.1, -0.05) is 13.3 Å². The number of carboxylic acids is 1. The standard InChI is InChI=1S/C22H22N2O5/c1-4-5-17-18(9-6-14-12-16(28-2)8-10-19(14)29-3)23-20-11-7-15(22(26)27)13-24(20)21(17)25/h6-13H,4-5H2,1-3H3,(H,26,27). The summed E-state index contributed by atoms with van der Waals surface area (Å²) in [5.41, 5.74) is 2.02. The highest BCUT2D eigenvalue weighted by molar-refractivity contribution is 5.87. The first-order chi connectivity index (χ1) is 14.0. The van der Waals surface area contributed by atoms with Gasteiger partial charge in [-0.15, -0.1) is 0 Å². The number of carbonyl (C=O) groups is 1. The molecule has 1 N–H and O–H groups in total. The normalized spacial score (nSPS) is 11.1. The zero-order chi connectivity index (χ0) is 21.0. The van der Waals surface area contributed by atoms with Gasteiger partial charge in [-0.2, -0.15) is 0 Å². The van der Waals surface area contributed by atoms with E-state index in [0.717, 1.165) is 12.0 Å². The Morgan fingerprint density at radius 2 is 1.97 bits per heavy atom. The third-order valence-electron chi connectivity index (χ3n) is 4.55.